The summed E-state index contributed by atoms with van der Waals surface area (Å²) in [5.74, 6) is -0.886. The highest BCUT2D eigenvalue weighted by Crippen LogP contribution is 2.37. The predicted octanol–water partition coefficient (Wildman–Crippen LogP) is 4.05. The van der Waals surface area contributed by atoms with Crippen molar-refractivity contribution >= 4 is 23.4 Å². The standard InChI is InChI=1S/C23H22ClN3O2/c1-27-14-13-17(26-27)10-7-15-5-8-16(9-6-15)18-3-2-4-19(22(18)24)20-11-12-21(28)25-23(20)29/h2-6,8-9,13-14,20H,7,10-12H2,1H3,(H,25,28,29). The summed E-state index contributed by atoms with van der Waals surface area (Å²) in [5, 5.41) is 7.39. The van der Waals surface area contributed by atoms with Gasteiger partial charge in [-0.05, 0) is 42.0 Å². The molecule has 4 rings (SSSR count). The third kappa shape index (κ3) is 4.25. The van der Waals surface area contributed by atoms with E-state index in [1.807, 2.05) is 42.2 Å². The molecule has 2 heterocycles. The molecule has 29 heavy (non-hydrogen) atoms. The Morgan fingerprint density at radius 1 is 1.10 bits per heavy atom. The SMILES string of the molecule is Cn1ccc(CCc2ccc(-c3cccc(C4CCC(=O)NC4=O)c3Cl)cc2)n1. The summed E-state index contributed by atoms with van der Waals surface area (Å²) in [6, 6.07) is 16.1. The largest absolute Gasteiger partial charge is 0.296 e. The Bertz CT molecular complexity index is 1060. The molecule has 0 spiro atoms. The van der Waals surface area contributed by atoms with Gasteiger partial charge in [-0.25, -0.2) is 0 Å². The predicted molar refractivity (Wildman–Crippen MR) is 113 cm³/mol. The minimum atomic E-state index is -0.391. The van der Waals surface area contributed by atoms with E-state index in [0.29, 0.717) is 17.9 Å². The molecule has 1 N–H and O–H groups in total. The molecule has 1 fully saturated rings. The van der Waals surface area contributed by atoms with Crippen LogP contribution in [-0.2, 0) is 29.5 Å². The van der Waals surface area contributed by atoms with Gasteiger partial charge >= 0.3 is 0 Å². The molecular formula is C23H22ClN3O2. The number of piperidine rings is 1. The zero-order valence-corrected chi connectivity index (χ0v) is 16.9. The molecule has 0 aliphatic carbocycles. The second-order valence-corrected chi connectivity index (χ2v) is 7.77. The van der Waals surface area contributed by atoms with Gasteiger partial charge in [-0.2, -0.15) is 5.10 Å². The summed E-state index contributed by atoms with van der Waals surface area (Å²) in [7, 11) is 1.92. The van der Waals surface area contributed by atoms with Crippen LogP contribution in [0.4, 0.5) is 0 Å². The van der Waals surface area contributed by atoms with E-state index in [4.69, 9.17) is 11.6 Å². The first-order valence-corrected chi connectivity index (χ1v) is 10.1. The van der Waals surface area contributed by atoms with Crippen molar-refractivity contribution in [2.45, 2.75) is 31.6 Å². The Morgan fingerprint density at radius 3 is 2.59 bits per heavy atom. The molecule has 1 atom stereocenters. The van der Waals surface area contributed by atoms with E-state index in [9.17, 15) is 9.59 Å². The Morgan fingerprint density at radius 2 is 1.90 bits per heavy atom. The molecule has 1 aliphatic rings. The number of rotatable bonds is 5. The fourth-order valence-electron chi connectivity index (χ4n) is 3.75. The number of carbonyl (C=O) groups is 2. The van der Waals surface area contributed by atoms with E-state index < -0.39 is 5.92 Å². The molecular weight excluding hydrogens is 386 g/mol. The normalized spacial score (nSPS) is 16.7. The van der Waals surface area contributed by atoms with Crippen LogP contribution in [0.3, 0.4) is 0 Å². The average Bonchev–Trinajstić information content (AvgIpc) is 3.13. The molecule has 0 saturated carbocycles. The maximum Gasteiger partial charge on any atom is 0.234 e. The van der Waals surface area contributed by atoms with E-state index in [1.54, 1.807) is 0 Å². The molecule has 0 bridgehead atoms. The van der Waals surface area contributed by atoms with Crippen LogP contribution in [0.1, 0.15) is 35.6 Å². The molecule has 5 nitrogen and oxygen atoms in total. The number of nitrogens with zero attached hydrogens (tertiary/aromatic N) is 2. The molecule has 3 aromatic rings. The van der Waals surface area contributed by atoms with E-state index in [2.05, 4.69) is 34.7 Å². The van der Waals surface area contributed by atoms with Crippen molar-refractivity contribution < 1.29 is 9.59 Å². The van der Waals surface area contributed by atoms with Crippen LogP contribution < -0.4 is 5.32 Å². The van der Waals surface area contributed by atoms with Crippen molar-refractivity contribution in [3.8, 4) is 11.1 Å². The van der Waals surface area contributed by atoms with Gasteiger partial charge < -0.3 is 0 Å². The molecule has 2 aromatic carbocycles. The average molecular weight is 408 g/mol. The Hall–Kier alpha value is -2.92. The summed E-state index contributed by atoms with van der Waals surface area (Å²) in [5.41, 5.74) is 4.98. The number of imide groups is 1. The van der Waals surface area contributed by atoms with Crippen molar-refractivity contribution in [1.82, 2.24) is 15.1 Å². The van der Waals surface area contributed by atoms with Crippen LogP contribution in [0, 0.1) is 0 Å². The lowest BCUT2D eigenvalue weighted by molar-refractivity contribution is -0.134. The van der Waals surface area contributed by atoms with Crippen LogP contribution in [0.5, 0.6) is 0 Å². The number of halogens is 1. The number of amides is 2. The molecule has 1 aliphatic heterocycles. The number of aryl methyl sites for hydroxylation is 3. The van der Waals surface area contributed by atoms with Crippen molar-refractivity contribution in [3.63, 3.8) is 0 Å². The van der Waals surface area contributed by atoms with E-state index in [-0.39, 0.29) is 11.8 Å². The molecule has 2 amide bonds. The van der Waals surface area contributed by atoms with Crippen LogP contribution in [0.25, 0.3) is 11.1 Å². The maximum absolute atomic E-state index is 12.2. The van der Waals surface area contributed by atoms with Gasteiger partial charge in [-0.1, -0.05) is 54.1 Å². The highest BCUT2D eigenvalue weighted by Gasteiger charge is 2.30. The number of benzene rings is 2. The van der Waals surface area contributed by atoms with Crippen molar-refractivity contribution in [3.05, 3.63) is 76.6 Å². The Labute approximate surface area is 174 Å². The molecule has 6 heteroatoms. The Kier molecular flexibility index (Phi) is 5.49. The van der Waals surface area contributed by atoms with Gasteiger partial charge in [0.05, 0.1) is 16.6 Å². The number of hydrogen-bond donors (Lipinski definition) is 1. The van der Waals surface area contributed by atoms with Crippen molar-refractivity contribution in [1.29, 1.82) is 0 Å². The van der Waals surface area contributed by atoms with Gasteiger partial charge in [0, 0.05) is 25.2 Å². The molecule has 1 saturated heterocycles. The molecule has 0 radical (unpaired) electrons. The quantitative estimate of drug-likeness (QED) is 0.649. The first-order chi connectivity index (χ1) is 14.0. The smallest absolute Gasteiger partial charge is 0.234 e. The minimum Gasteiger partial charge on any atom is -0.296 e. The van der Waals surface area contributed by atoms with E-state index >= 15 is 0 Å². The number of nitrogens with one attached hydrogen (secondary N) is 1. The van der Waals surface area contributed by atoms with Crippen molar-refractivity contribution in [2.75, 3.05) is 0 Å². The summed E-state index contributed by atoms with van der Waals surface area (Å²) in [6.07, 6.45) is 4.59. The molecule has 148 valence electrons. The van der Waals surface area contributed by atoms with Gasteiger partial charge in [0.25, 0.3) is 0 Å². The maximum atomic E-state index is 12.2. The van der Waals surface area contributed by atoms with Gasteiger partial charge in [0.1, 0.15) is 0 Å². The third-order valence-corrected chi connectivity index (χ3v) is 5.77. The summed E-state index contributed by atoms with van der Waals surface area (Å²) in [6.45, 7) is 0. The van der Waals surface area contributed by atoms with Crippen molar-refractivity contribution in [2.24, 2.45) is 7.05 Å². The molecule has 1 aromatic heterocycles. The van der Waals surface area contributed by atoms with Gasteiger partial charge in [0.2, 0.25) is 11.8 Å². The van der Waals surface area contributed by atoms with Crippen LogP contribution in [-0.4, -0.2) is 21.6 Å². The minimum absolute atomic E-state index is 0.222. The van der Waals surface area contributed by atoms with Crippen LogP contribution in [0.15, 0.2) is 54.7 Å². The number of hydrogen-bond acceptors (Lipinski definition) is 3. The monoisotopic (exact) mass is 407 g/mol. The second-order valence-electron chi connectivity index (χ2n) is 7.39. The van der Waals surface area contributed by atoms with Crippen LogP contribution >= 0.6 is 11.6 Å². The topological polar surface area (TPSA) is 64.0 Å². The van der Waals surface area contributed by atoms with Crippen LogP contribution in [0.2, 0.25) is 5.02 Å². The van der Waals surface area contributed by atoms with Gasteiger partial charge in [0.15, 0.2) is 0 Å². The number of carbonyl (C=O) groups excluding carboxylic acids is 2. The summed E-state index contributed by atoms with van der Waals surface area (Å²) in [4.78, 5) is 23.7. The summed E-state index contributed by atoms with van der Waals surface area (Å²) >= 11 is 6.69. The third-order valence-electron chi connectivity index (χ3n) is 5.35. The fraction of sp³-hybridized carbons (Fsp3) is 0.261. The van der Waals surface area contributed by atoms with Gasteiger partial charge in [-0.3, -0.25) is 19.6 Å². The first kappa shape index (κ1) is 19.4. The first-order valence-electron chi connectivity index (χ1n) is 9.71. The summed E-state index contributed by atoms with van der Waals surface area (Å²) < 4.78 is 1.82. The molecule has 1 unspecified atom stereocenters. The second kappa shape index (κ2) is 8.21. The highest BCUT2D eigenvalue weighted by molar-refractivity contribution is 6.34. The lowest BCUT2D eigenvalue weighted by Gasteiger charge is -2.23. The highest BCUT2D eigenvalue weighted by atomic mass is 35.5. The lowest BCUT2D eigenvalue weighted by Crippen LogP contribution is -2.39. The Balaban J connectivity index is 1.52. The number of aromatic nitrogens is 2. The van der Waals surface area contributed by atoms with E-state index in [1.165, 1.54) is 5.56 Å². The zero-order valence-electron chi connectivity index (χ0n) is 16.2. The van der Waals surface area contributed by atoms with E-state index in [0.717, 1.165) is 35.2 Å². The lowest BCUT2D eigenvalue weighted by atomic mass is 9.88. The fourth-order valence-corrected chi connectivity index (χ4v) is 4.12. The zero-order chi connectivity index (χ0) is 20.4. The van der Waals surface area contributed by atoms with Gasteiger partial charge in [-0.15, -0.1) is 0 Å².